The number of hydrogen-bond acceptors (Lipinski definition) is 3. The first kappa shape index (κ1) is 21.3. The molecule has 0 unspecified atom stereocenters. The summed E-state index contributed by atoms with van der Waals surface area (Å²) in [5.74, 6) is 2.23. The van der Waals surface area contributed by atoms with Crippen LogP contribution in [0.25, 0.3) is 0 Å². The van der Waals surface area contributed by atoms with Crippen LogP contribution in [-0.2, 0) is 0 Å². The Morgan fingerprint density at radius 2 is 1.74 bits per heavy atom. The molecule has 0 heterocycles. The van der Waals surface area contributed by atoms with Crippen LogP contribution >= 0.6 is 15.9 Å². The van der Waals surface area contributed by atoms with Crippen LogP contribution in [0, 0.1) is 11.8 Å². The first-order chi connectivity index (χ1) is 12.9. The molecule has 0 saturated carbocycles. The molecule has 0 aliphatic carbocycles. The van der Waals surface area contributed by atoms with Crippen molar-refractivity contribution in [2.24, 2.45) is 11.8 Å². The molecule has 2 rings (SSSR count). The molecule has 0 spiro atoms. The standard InChI is InChI=1S/C22H28BrNO3/c1-15(2)11-12-26-20-10-9-17(13-18(20)23)22(25)24-19-7-5-6-8-21(19)27-14-16(3)4/h5-10,13,15-16H,11-12,14H2,1-4H3,(H,24,25). The molecule has 0 aliphatic heterocycles. The van der Waals surface area contributed by atoms with E-state index in [2.05, 4.69) is 48.9 Å². The molecule has 0 fully saturated rings. The quantitative estimate of drug-likeness (QED) is 0.514. The molecule has 5 heteroatoms. The van der Waals surface area contributed by atoms with Crippen LogP contribution in [-0.4, -0.2) is 19.1 Å². The molecule has 2 aromatic rings. The molecule has 0 saturated heterocycles. The third-order valence-electron chi connectivity index (χ3n) is 3.85. The second-order valence-electron chi connectivity index (χ2n) is 7.33. The summed E-state index contributed by atoms with van der Waals surface area (Å²) in [5.41, 5.74) is 1.22. The van der Waals surface area contributed by atoms with Gasteiger partial charge < -0.3 is 14.8 Å². The molecule has 0 aliphatic rings. The van der Waals surface area contributed by atoms with Crippen molar-refractivity contribution in [2.45, 2.75) is 34.1 Å². The molecule has 146 valence electrons. The molecule has 0 bridgehead atoms. The van der Waals surface area contributed by atoms with Gasteiger partial charge in [0.2, 0.25) is 0 Å². The lowest BCUT2D eigenvalue weighted by Gasteiger charge is -2.14. The number of ether oxygens (including phenoxy) is 2. The number of carbonyl (C=O) groups excluding carboxylic acids is 1. The van der Waals surface area contributed by atoms with E-state index in [4.69, 9.17) is 9.47 Å². The summed E-state index contributed by atoms with van der Waals surface area (Å²) in [4.78, 5) is 12.6. The van der Waals surface area contributed by atoms with E-state index >= 15 is 0 Å². The number of carbonyl (C=O) groups is 1. The minimum atomic E-state index is -0.190. The lowest BCUT2D eigenvalue weighted by Crippen LogP contribution is -2.14. The number of anilines is 1. The van der Waals surface area contributed by atoms with Gasteiger partial charge in [0.1, 0.15) is 11.5 Å². The monoisotopic (exact) mass is 433 g/mol. The second-order valence-corrected chi connectivity index (χ2v) is 8.19. The van der Waals surface area contributed by atoms with Gasteiger partial charge in [0, 0.05) is 5.56 Å². The van der Waals surface area contributed by atoms with E-state index in [1.165, 1.54) is 0 Å². The average molecular weight is 434 g/mol. The largest absolute Gasteiger partial charge is 0.492 e. The summed E-state index contributed by atoms with van der Waals surface area (Å²) in [6.07, 6.45) is 0.988. The molecule has 2 aromatic carbocycles. The predicted molar refractivity (Wildman–Crippen MR) is 114 cm³/mol. The molecule has 4 nitrogen and oxygen atoms in total. The van der Waals surface area contributed by atoms with Gasteiger partial charge in [-0.05, 0) is 64.5 Å². The number of nitrogens with one attached hydrogen (secondary N) is 1. The number of rotatable bonds is 9. The van der Waals surface area contributed by atoms with Crippen molar-refractivity contribution < 1.29 is 14.3 Å². The Kier molecular flexibility index (Phi) is 8.17. The maximum Gasteiger partial charge on any atom is 0.255 e. The zero-order chi connectivity index (χ0) is 19.8. The maximum atomic E-state index is 12.6. The van der Waals surface area contributed by atoms with Crippen LogP contribution in [0.4, 0.5) is 5.69 Å². The molecule has 27 heavy (non-hydrogen) atoms. The molecule has 0 atom stereocenters. The highest BCUT2D eigenvalue weighted by atomic mass is 79.9. The zero-order valence-corrected chi connectivity index (χ0v) is 18.0. The molecule has 0 aromatic heterocycles. The van der Waals surface area contributed by atoms with E-state index in [0.29, 0.717) is 42.0 Å². The van der Waals surface area contributed by atoms with E-state index in [1.54, 1.807) is 12.1 Å². The highest BCUT2D eigenvalue weighted by molar-refractivity contribution is 9.10. The van der Waals surface area contributed by atoms with E-state index in [1.807, 2.05) is 30.3 Å². The SMILES string of the molecule is CC(C)CCOc1ccc(C(=O)Nc2ccccc2OCC(C)C)cc1Br. The van der Waals surface area contributed by atoms with Gasteiger partial charge in [-0.1, -0.05) is 39.8 Å². The Balaban J connectivity index is 2.05. The van der Waals surface area contributed by atoms with E-state index < -0.39 is 0 Å². The van der Waals surface area contributed by atoms with Crippen LogP contribution in [0.1, 0.15) is 44.5 Å². The first-order valence-corrected chi connectivity index (χ1v) is 10.1. The van der Waals surface area contributed by atoms with Gasteiger partial charge in [0.05, 0.1) is 23.4 Å². The van der Waals surface area contributed by atoms with E-state index in [0.717, 1.165) is 16.6 Å². The highest BCUT2D eigenvalue weighted by Gasteiger charge is 2.12. The fraction of sp³-hybridized carbons (Fsp3) is 0.409. The average Bonchev–Trinajstić information content (AvgIpc) is 2.62. The zero-order valence-electron chi connectivity index (χ0n) is 16.4. The minimum absolute atomic E-state index is 0.190. The van der Waals surface area contributed by atoms with Gasteiger partial charge >= 0.3 is 0 Å². The van der Waals surface area contributed by atoms with Gasteiger partial charge in [-0.2, -0.15) is 0 Å². The summed E-state index contributed by atoms with van der Waals surface area (Å²) in [7, 11) is 0. The summed E-state index contributed by atoms with van der Waals surface area (Å²) >= 11 is 3.49. The summed E-state index contributed by atoms with van der Waals surface area (Å²) in [6.45, 7) is 9.75. The molecule has 1 N–H and O–H groups in total. The first-order valence-electron chi connectivity index (χ1n) is 9.32. The van der Waals surface area contributed by atoms with Crippen molar-refractivity contribution in [3.05, 3.63) is 52.5 Å². The van der Waals surface area contributed by atoms with Crippen LogP contribution in [0.2, 0.25) is 0 Å². The molecule has 0 radical (unpaired) electrons. The summed E-state index contributed by atoms with van der Waals surface area (Å²) in [5, 5.41) is 2.93. The van der Waals surface area contributed by atoms with Crippen molar-refractivity contribution in [1.82, 2.24) is 0 Å². The van der Waals surface area contributed by atoms with E-state index in [-0.39, 0.29) is 5.91 Å². The van der Waals surface area contributed by atoms with Crippen LogP contribution in [0.5, 0.6) is 11.5 Å². The Morgan fingerprint density at radius 3 is 2.41 bits per heavy atom. The van der Waals surface area contributed by atoms with Crippen molar-refractivity contribution in [3.63, 3.8) is 0 Å². The van der Waals surface area contributed by atoms with Gasteiger partial charge in [0.15, 0.2) is 0 Å². The normalized spacial score (nSPS) is 10.9. The topological polar surface area (TPSA) is 47.6 Å². The van der Waals surface area contributed by atoms with Crippen molar-refractivity contribution in [2.75, 3.05) is 18.5 Å². The predicted octanol–water partition coefficient (Wildman–Crippen LogP) is 6.16. The van der Waals surface area contributed by atoms with Gasteiger partial charge in [-0.15, -0.1) is 0 Å². The smallest absolute Gasteiger partial charge is 0.255 e. The Labute approximate surface area is 170 Å². The number of para-hydroxylation sites is 2. The fourth-order valence-corrected chi connectivity index (χ4v) is 2.80. The Hall–Kier alpha value is -2.01. The highest BCUT2D eigenvalue weighted by Crippen LogP contribution is 2.28. The van der Waals surface area contributed by atoms with Crippen molar-refractivity contribution >= 4 is 27.5 Å². The van der Waals surface area contributed by atoms with E-state index in [9.17, 15) is 4.79 Å². The number of hydrogen-bond donors (Lipinski definition) is 1. The lowest BCUT2D eigenvalue weighted by atomic mass is 10.1. The van der Waals surface area contributed by atoms with Gasteiger partial charge in [-0.25, -0.2) is 0 Å². The third-order valence-corrected chi connectivity index (χ3v) is 4.47. The van der Waals surface area contributed by atoms with Gasteiger partial charge in [0.25, 0.3) is 5.91 Å². The fourth-order valence-electron chi connectivity index (χ4n) is 2.31. The molecular weight excluding hydrogens is 406 g/mol. The second kappa shape index (κ2) is 10.4. The van der Waals surface area contributed by atoms with Crippen molar-refractivity contribution in [1.29, 1.82) is 0 Å². The van der Waals surface area contributed by atoms with Crippen LogP contribution < -0.4 is 14.8 Å². The summed E-state index contributed by atoms with van der Waals surface area (Å²) < 4.78 is 12.3. The lowest BCUT2D eigenvalue weighted by molar-refractivity contribution is 0.102. The number of halogens is 1. The third kappa shape index (κ3) is 6.90. The number of benzene rings is 2. The van der Waals surface area contributed by atoms with Gasteiger partial charge in [-0.3, -0.25) is 4.79 Å². The molecular formula is C22H28BrNO3. The van der Waals surface area contributed by atoms with Crippen molar-refractivity contribution in [3.8, 4) is 11.5 Å². The minimum Gasteiger partial charge on any atom is -0.492 e. The Bertz CT molecular complexity index is 759. The maximum absolute atomic E-state index is 12.6. The van der Waals surface area contributed by atoms with Crippen LogP contribution in [0.3, 0.4) is 0 Å². The summed E-state index contributed by atoms with van der Waals surface area (Å²) in [6, 6.07) is 12.8. The molecule has 1 amide bonds. The van der Waals surface area contributed by atoms with Crippen LogP contribution in [0.15, 0.2) is 46.9 Å². The number of amides is 1. The Morgan fingerprint density at radius 1 is 1.00 bits per heavy atom.